The zero-order valence-corrected chi connectivity index (χ0v) is 10.5. The minimum atomic E-state index is -0.844. The zero-order valence-electron chi connectivity index (χ0n) is 9.70. The predicted octanol–water partition coefficient (Wildman–Crippen LogP) is 2.82. The van der Waals surface area contributed by atoms with E-state index in [1.165, 1.54) is 11.3 Å². The van der Waals surface area contributed by atoms with Crippen molar-refractivity contribution in [1.82, 2.24) is 0 Å². The maximum atomic E-state index is 11.6. The average Bonchev–Trinajstić information content (AvgIpc) is 2.83. The zero-order chi connectivity index (χ0) is 13.4. The molecule has 0 bridgehead atoms. The van der Waals surface area contributed by atoms with Crippen molar-refractivity contribution in [2.45, 2.75) is 6.92 Å². The number of carbonyl (C=O) groups is 2. The van der Waals surface area contributed by atoms with E-state index in [1.807, 2.05) is 0 Å². The number of rotatable bonds is 6. The van der Waals surface area contributed by atoms with Gasteiger partial charge in [-0.2, -0.15) is 0 Å². The molecule has 0 aliphatic carbocycles. The minimum Gasteiger partial charge on any atom is -0.460 e. The summed E-state index contributed by atoms with van der Waals surface area (Å²) in [5, 5.41) is 3.34. The van der Waals surface area contributed by atoms with Crippen molar-refractivity contribution in [2.24, 2.45) is 5.11 Å². The number of thiophene rings is 1. The molecule has 94 valence electrons. The highest BCUT2D eigenvalue weighted by Crippen LogP contribution is 2.18. The predicted molar refractivity (Wildman–Crippen MR) is 68.3 cm³/mol. The van der Waals surface area contributed by atoms with Crippen molar-refractivity contribution < 1.29 is 14.3 Å². The van der Waals surface area contributed by atoms with Gasteiger partial charge in [0.15, 0.2) is 0 Å². The summed E-state index contributed by atoms with van der Waals surface area (Å²) in [5.74, 6) is -1.49. The summed E-state index contributed by atoms with van der Waals surface area (Å²) < 4.78 is 4.63. The lowest BCUT2D eigenvalue weighted by Crippen LogP contribution is -2.16. The lowest BCUT2D eigenvalue weighted by atomic mass is 10.3. The molecule has 0 spiro atoms. The molecule has 1 aromatic heterocycles. The molecule has 0 saturated carbocycles. The van der Waals surface area contributed by atoms with Crippen LogP contribution in [0.4, 0.5) is 0 Å². The van der Waals surface area contributed by atoms with E-state index in [4.69, 9.17) is 5.53 Å². The summed E-state index contributed by atoms with van der Waals surface area (Å²) in [4.78, 5) is 26.5. The Bertz CT molecular complexity index is 515. The van der Waals surface area contributed by atoms with E-state index in [9.17, 15) is 9.59 Å². The number of ether oxygens (including phenoxy) is 1. The van der Waals surface area contributed by atoms with Gasteiger partial charge in [-0.25, -0.2) is 4.79 Å². The van der Waals surface area contributed by atoms with E-state index in [0.717, 1.165) is 4.88 Å². The van der Waals surface area contributed by atoms with Gasteiger partial charge in [-0.3, -0.25) is 4.79 Å². The van der Waals surface area contributed by atoms with Crippen LogP contribution >= 0.6 is 11.3 Å². The van der Waals surface area contributed by atoms with Crippen molar-refractivity contribution in [1.29, 1.82) is 0 Å². The van der Waals surface area contributed by atoms with Crippen molar-refractivity contribution in [3.8, 4) is 0 Å². The molecule has 0 N–H and O–H groups in total. The SMILES string of the molecule is CCOC(=O)C(=O)c1ccc(C=CCN=[N+]=[N-])s1. The molecule has 0 aromatic carbocycles. The van der Waals surface area contributed by atoms with Crippen LogP contribution in [0.3, 0.4) is 0 Å². The van der Waals surface area contributed by atoms with Crippen molar-refractivity contribution in [2.75, 3.05) is 13.2 Å². The Kier molecular flexibility index (Phi) is 5.63. The highest BCUT2D eigenvalue weighted by Gasteiger charge is 2.18. The van der Waals surface area contributed by atoms with Gasteiger partial charge in [0.05, 0.1) is 11.5 Å². The number of esters is 1. The number of hydrogen-bond donors (Lipinski definition) is 0. The molecular weight excluding hydrogens is 254 g/mol. The van der Waals surface area contributed by atoms with Gasteiger partial charge in [0.25, 0.3) is 5.78 Å². The third-order valence-electron chi connectivity index (χ3n) is 1.84. The molecule has 0 atom stereocenters. The number of Topliss-reactive ketones (excluding diaryl/α,β-unsaturated/α-hetero) is 1. The first-order valence-corrected chi connectivity index (χ1v) is 5.99. The largest absolute Gasteiger partial charge is 0.460 e. The maximum absolute atomic E-state index is 11.6. The molecule has 0 fully saturated rings. The van der Waals surface area contributed by atoms with Crippen molar-refractivity contribution in [3.05, 3.63) is 38.4 Å². The Morgan fingerprint density at radius 3 is 3.00 bits per heavy atom. The average molecular weight is 265 g/mol. The van der Waals surface area contributed by atoms with Crippen molar-refractivity contribution in [3.63, 3.8) is 0 Å². The number of ketones is 1. The molecule has 18 heavy (non-hydrogen) atoms. The van der Waals surface area contributed by atoms with E-state index >= 15 is 0 Å². The van der Waals surface area contributed by atoms with Crippen LogP contribution in [0.1, 0.15) is 21.5 Å². The lowest BCUT2D eigenvalue weighted by Gasteiger charge is -1.97. The lowest BCUT2D eigenvalue weighted by molar-refractivity contribution is -0.137. The van der Waals surface area contributed by atoms with Gasteiger partial charge in [0, 0.05) is 16.3 Å². The molecule has 0 radical (unpaired) electrons. The molecule has 6 nitrogen and oxygen atoms in total. The standard InChI is InChI=1S/C11H11N3O3S/c1-2-17-11(16)10(15)9-6-5-8(18-9)4-3-7-13-14-12/h3-6H,2,7H2,1H3. The van der Waals surface area contributed by atoms with Crippen LogP contribution < -0.4 is 0 Å². The summed E-state index contributed by atoms with van der Waals surface area (Å²) in [6.07, 6.45) is 3.39. The van der Waals surface area contributed by atoms with Crippen LogP contribution in [0.2, 0.25) is 0 Å². The number of nitrogens with zero attached hydrogens (tertiary/aromatic N) is 3. The first-order chi connectivity index (χ1) is 8.69. The molecule has 1 rings (SSSR count). The van der Waals surface area contributed by atoms with Gasteiger partial charge < -0.3 is 4.74 Å². The Labute approximate surface area is 108 Å². The number of carbonyl (C=O) groups excluding carboxylic acids is 2. The number of azide groups is 1. The Morgan fingerprint density at radius 1 is 1.56 bits per heavy atom. The summed E-state index contributed by atoms with van der Waals surface area (Å²) in [6.45, 7) is 2.06. The third kappa shape index (κ3) is 4.04. The Hall–Kier alpha value is -2.11. The first-order valence-electron chi connectivity index (χ1n) is 5.17. The van der Waals surface area contributed by atoms with Gasteiger partial charge in [-0.1, -0.05) is 11.2 Å². The third-order valence-corrected chi connectivity index (χ3v) is 2.89. The number of hydrogen-bond acceptors (Lipinski definition) is 5. The molecule has 7 heteroatoms. The Morgan fingerprint density at radius 2 is 2.33 bits per heavy atom. The van der Waals surface area contributed by atoms with Gasteiger partial charge >= 0.3 is 5.97 Å². The smallest absolute Gasteiger partial charge is 0.380 e. The highest BCUT2D eigenvalue weighted by atomic mass is 32.1. The van der Waals surface area contributed by atoms with Gasteiger partial charge in [0.1, 0.15) is 0 Å². The Balaban J connectivity index is 2.68. The van der Waals surface area contributed by atoms with Crippen LogP contribution in [0.5, 0.6) is 0 Å². The quantitative estimate of drug-likeness (QED) is 0.198. The van der Waals surface area contributed by atoms with Crippen LogP contribution in [0.15, 0.2) is 23.3 Å². The molecule has 1 aromatic rings. The van der Waals surface area contributed by atoms with Crippen LogP contribution in [-0.2, 0) is 9.53 Å². The summed E-state index contributed by atoms with van der Waals surface area (Å²) in [6, 6.07) is 3.28. The fraction of sp³-hybridized carbons (Fsp3) is 0.273. The molecular formula is C11H11N3O3S. The molecule has 0 saturated heterocycles. The van der Waals surface area contributed by atoms with Crippen LogP contribution in [0, 0.1) is 0 Å². The summed E-state index contributed by atoms with van der Waals surface area (Å²) in [7, 11) is 0. The molecule has 1 heterocycles. The first kappa shape index (κ1) is 14.0. The van der Waals surface area contributed by atoms with Gasteiger partial charge in [-0.15, -0.1) is 11.3 Å². The summed E-state index contributed by atoms with van der Waals surface area (Å²) in [5.41, 5.74) is 8.08. The second-order valence-electron chi connectivity index (χ2n) is 3.07. The van der Waals surface area contributed by atoms with E-state index in [-0.39, 0.29) is 13.2 Å². The monoisotopic (exact) mass is 265 g/mol. The fourth-order valence-corrected chi connectivity index (χ4v) is 1.98. The molecule has 0 aliphatic heterocycles. The van der Waals surface area contributed by atoms with Gasteiger partial charge in [0.2, 0.25) is 0 Å². The van der Waals surface area contributed by atoms with E-state index < -0.39 is 11.8 Å². The molecule has 0 aliphatic rings. The summed E-state index contributed by atoms with van der Waals surface area (Å²) >= 11 is 1.18. The van der Waals surface area contributed by atoms with E-state index in [1.54, 1.807) is 31.2 Å². The second kappa shape index (κ2) is 7.26. The fourth-order valence-electron chi connectivity index (χ4n) is 1.11. The van der Waals surface area contributed by atoms with Crippen LogP contribution in [0.25, 0.3) is 16.5 Å². The van der Waals surface area contributed by atoms with Crippen molar-refractivity contribution >= 4 is 29.2 Å². The van der Waals surface area contributed by atoms with Gasteiger partial charge in [-0.05, 0) is 30.7 Å². The van der Waals surface area contributed by atoms with E-state index in [0.29, 0.717) is 4.88 Å². The highest BCUT2D eigenvalue weighted by molar-refractivity contribution is 7.15. The molecule has 0 amide bonds. The van der Waals surface area contributed by atoms with E-state index in [2.05, 4.69) is 14.8 Å². The van der Waals surface area contributed by atoms with Crippen LogP contribution in [-0.4, -0.2) is 24.9 Å². The maximum Gasteiger partial charge on any atom is 0.380 e. The minimum absolute atomic E-state index is 0.175. The second-order valence-corrected chi connectivity index (χ2v) is 4.18. The normalized spacial score (nSPS) is 10.1. The topological polar surface area (TPSA) is 92.1 Å². The molecule has 0 unspecified atom stereocenters.